The highest BCUT2D eigenvalue weighted by atomic mass is 15.1. The zero-order valence-electron chi connectivity index (χ0n) is 14.1. The van der Waals surface area contributed by atoms with Crippen molar-refractivity contribution in [2.45, 2.75) is 52.0 Å². The number of hydrogen-bond donors (Lipinski definition) is 1. The van der Waals surface area contributed by atoms with Gasteiger partial charge in [0, 0.05) is 12.1 Å². The first-order valence-corrected chi connectivity index (χ1v) is 8.54. The van der Waals surface area contributed by atoms with Gasteiger partial charge in [-0.05, 0) is 77.6 Å². The molecule has 0 bridgehead atoms. The van der Waals surface area contributed by atoms with E-state index in [4.69, 9.17) is 0 Å². The van der Waals surface area contributed by atoms with Gasteiger partial charge in [0.25, 0.3) is 0 Å². The molecule has 0 aromatic heterocycles. The Kier molecular flexibility index (Phi) is 6.25. The van der Waals surface area contributed by atoms with Gasteiger partial charge in [-0.15, -0.1) is 0 Å². The topological polar surface area (TPSA) is 15.3 Å². The zero-order chi connectivity index (χ0) is 15.1. The van der Waals surface area contributed by atoms with Crippen LogP contribution in [-0.4, -0.2) is 36.6 Å². The maximum atomic E-state index is 3.67. The van der Waals surface area contributed by atoms with Gasteiger partial charge in [0.05, 0.1) is 0 Å². The Morgan fingerprint density at radius 2 is 1.95 bits per heavy atom. The van der Waals surface area contributed by atoms with E-state index in [0.29, 0.717) is 0 Å². The molecule has 0 aliphatic carbocycles. The third-order valence-corrected chi connectivity index (χ3v) is 4.31. The summed E-state index contributed by atoms with van der Waals surface area (Å²) in [5.74, 6) is 0.828. The van der Waals surface area contributed by atoms with Gasteiger partial charge < -0.3 is 10.2 Å². The number of nitrogens with zero attached hydrogens (tertiary/aromatic N) is 1. The summed E-state index contributed by atoms with van der Waals surface area (Å²) >= 11 is 0. The number of piperidine rings is 1. The molecule has 0 saturated carbocycles. The summed E-state index contributed by atoms with van der Waals surface area (Å²) in [5, 5.41) is 3.67. The van der Waals surface area contributed by atoms with Crippen LogP contribution >= 0.6 is 0 Å². The molecule has 118 valence electrons. The lowest BCUT2D eigenvalue weighted by Gasteiger charge is -2.34. The highest BCUT2D eigenvalue weighted by Gasteiger charge is 2.21. The third-order valence-electron chi connectivity index (χ3n) is 4.31. The summed E-state index contributed by atoms with van der Waals surface area (Å²) in [4.78, 5) is 2.67. The maximum absolute atomic E-state index is 3.67. The van der Waals surface area contributed by atoms with Crippen molar-refractivity contribution < 1.29 is 0 Å². The van der Waals surface area contributed by atoms with E-state index >= 15 is 0 Å². The quantitative estimate of drug-likeness (QED) is 0.858. The molecule has 0 amide bonds. The standard InChI is InChI=1S/C19H32N2/c1-19(2,3)20-15-18-12-8-14-21(16-18)13-7-11-17-9-5-4-6-10-17/h4-6,9-10,18,20H,7-8,11-16H2,1-3H3. The highest BCUT2D eigenvalue weighted by molar-refractivity contribution is 5.14. The summed E-state index contributed by atoms with van der Waals surface area (Å²) in [7, 11) is 0. The van der Waals surface area contributed by atoms with Gasteiger partial charge in [0.2, 0.25) is 0 Å². The Bertz CT molecular complexity index is 394. The molecular weight excluding hydrogens is 256 g/mol. The number of benzene rings is 1. The Labute approximate surface area is 130 Å². The molecule has 2 nitrogen and oxygen atoms in total. The Morgan fingerprint density at radius 1 is 1.19 bits per heavy atom. The fourth-order valence-corrected chi connectivity index (χ4v) is 3.12. The van der Waals surface area contributed by atoms with Gasteiger partial charge in [-0.1, -0.05) is 30.3 Å². The number of rotatable bonds is 6. The third kappa shape index (κ3) is 6.62. The first-order valence-electron chi connectivity index (χ1n) is 8.54. The number of nitrogens with one attached hydrogen (secondary N) is 1. The number of likely N-dealkylation sites (tertiary alicyclic amines) is 1. The fourth-order valence-electron chi connectivity index (χ4n) is 3.12. The first-order chi connectivity index (χ1) is 10.0. The largest absolute Gasteiger partial charge is 0.312 e. The van der Waals surface area contributed by atoms with Crippen LogP contribution in [0.2, 0.25) is 0 Å². The van der Waals surface area contributed by atoms with Crippen LogP contribution in [0, 0.1) is 5.92 Å². The van der Waals surface area contributed by atoms with Gasteiger partial charge in [0.15, 0.2) is 0 Å². The van der Waals surface area contributed by atoms with Crippen LogP contribution in [0.3, 0.4) is 0 Å². The Morgan fingerprint density at radius 3 is 2.67 bits per heavy atom. The maximum Gasteiger partial charge on any atom is 0.00966 e. The smallest absolute Gasteiger partial charge is 0.00966 e. The minimum Gasteiger partial charge on any atom is -0.312 e. The van der Waals surface area contributed by atoms with Gasteiger partial charge >= 0.3 is 0 Å². The van der Waals surface area contributed by atoms with Crippen molar-refractivity contribution in [2.24, 2.45) is 5.92 Å². The van der Waals surface area contributed by atoms with Crippen LogP contribution in [0.4, 0.5) is 0 Å². The Balaban J connectivity index is 1.67. The van der Waals surface area contributed by atoms with Crippen molar-refractivity contribution in [1.29, 1.82) is 0 Å². The molecule has 1 atom stereocenters. The molecule has 1 unspecified atom stereocenters. The molecule has 1 N–H and O–H groups in total. The van der Waals surface area contributed by atoms with E-state index in [9.17, 15) is 0 Å². The predicted molar refractivity (Wildman–Crippen MR) is 91.7 cm³/mol. The van der Waals surface area contributed by atoms with Crippen molar-refractivity contribution in [3.05, 3.63) is 35.9 Å². The second-order valence-electron chi connectivity index (χ2n) is 7.53. The molecule has 1 aromatic carbocycles. The molecule has 2 rings (SSSR count). The SMILES string of the molecule is CC(C)(C)NCC1CCCN(CCCc2ccccc2)C1. The lowest BCUT2D eigenvalue weighted by atomic mass is 9.96. The lowest BCUT2D eigenvalue weighted by molar-refractivity contribution is 0.165. The van der Waals surface area contributed by atoms with Crippen molar-refractivity contribution in [2.75, 3.05) is 26.2 Å². The Hall–Kier alpha value is -0.860. The normalized spacial score (nSPS) is 20.6. The lowest BCUT2D eigenvalue weighted by Crippen LogP contribution is -2.44. The fraction of sp³-hybridized carbons (Fsp3) is 0.684. The molecular formula is C19H32N2. The summed E-state index contributed by atoms with van der Waals surface area (Å²) in [5.41, 5.74) is 1.72. The summed E-state index contributed by atoms with van der Waals surface area (Å²) in [6, 6.07) is 10.9. The molecule has 2 heteroatoms. The van der Waals surface area contributed by atoms with E-state index in [-0.39, 0.29) is 5.54 Å². The van der Waals surface area contributed by atoms with Gasteiger partial charge in [-0.3, -0.25) is 0 Å². The average molecular weight is 288 g/mol. The van der Waals surface area contributed by atoms with E-state index in [1.165, 1.54) is 57.4 Å². The monoisotopic (exact) mass is 288 g/mol. The van der Waals surface area contributed by atoms with Crippen molar-refractivity contribution >= 4 is 0 Å². The van der Waals surface area contributed by atoms with Crippen molar-refractivity contribution in [3.63, 3.8) is 0 Å². The molecule has 1 aliphatic rings. The molecule has 1 fully saturated rings. The number of aryl methyl sites for hydroxylation is 1. The molecule has 21 heavy (non-hydrogen) atoms. The van der Waals surface area contributed by atoms with Crippen LogP contribution < -0.4 is 5.32 Å². The molecule has 0 radical (unpaired) electrons. The second kappa shape index (κ2) is 7.95. The second-order valence-corrected chi connectivity index (χ2v) is 7.53. The minimum absolute atomic E-state index is 0.246. The highest BCUT2D eigenvalue weighted by Crippen LogP contribution is 2.17. The van der Waals surface area contributed by atoms with Gasteiger partial charge in [-0.25, -0.2) is 0 Å². The van der Waals surface area contributed by atoms with Gasteiger partial charge in [-0.2, -0.15) is 0 Å². The van der Waals surface area contributed by atoms with Crippen LogP contribution in [0.5, 0.6) is 0 Å². The summed E-state index contributed by atoms with van der Waals surface area (Å²) in [6.45, 7) is 11.8. The van der Waals surface area contributed by atoms with Crippen LogP contribution in [0.15, 0.2) is 30.3 Å². The molecule has 1 saturated heterocycles. The van der Waals surface area contributed by atoms with Crippen molar-refractivity contribution in [1.82, 2.24) is 10.2 Å². The van der Waals surface area contributed by atoms with Crippen molar-refractivity contribution in [3.8, 4) is 0 Å². The summed E-state index contributed by atoms with van der Waals surface area (Å²) < 4.78 is 0. The average Bonchev–Trinajstić information content (AvgIpc) is 2.46. The first kappa shape index (κ1) is 16.5. The van der Waals surface area contributed by atoms with Crippen LogP contribution in [0.1, 0.15) is 45.6 Å². The molecule has 0 spiro atoms. The van der Waals surface area contributed by atoms with Crippen LogP contribution in [0.25, 0.3) is 0 Å². The molecule has 1 aliphatic heterocycles. The van der Waals surface area contributed by atoms with E-state index in [2.05, 4.69) is 61.3 Å². The van der Waals surface area contributed by atoms with Crippen LogP contribution in [-0.2, 0) is 6.42 Å². The van der Waals surface area contributed by atoms with E-state index in [1.54, 1.807) is 0 Å². The van der Waals surface area contributed by atoms with E-state index in [0.717, 1.165) is 5.92 Å². The zero-order valence-corrected chi connectivity index (χ0v) is 14.1. The van der Waals surface area contributed by atoms with E-state index in [1.807, 2.05) is 0 Å². The van der Waals surface area contributed by atoms with E-state index < -0.39 is 0 Å². The molecule has 1 heterocycles. The minimum atomic E-state index is 0.246. The van der Waals surface area contributed by atoms with Gasteiger partial charge in [0.1, 0.15) is 0 Å². The summed E-state index contributed by atoms with van der Waals surface area (Å²) in [6.07, 6.45) is 5.24. The predicted octanol–water partition coefficient (Wildman–Crippen LogP) is 3.72. The molecule has 1 aromatic rings. The number of hydrogen-bond acceptors (Lipinski definition) is 2.